The van der Waals surface area contributed by atoms with E-state index < -0.39 is 8.32 Å². The first-order valence-corrected chi connectivity index (χ1v) is 6.42. The average molecular weight is 160 g/mol. The maximum absolute atomic E-state index is 11.3. The van der Waals surface area contributed by atoms with Crippen molar-refractivity contribution in [1.82, 2.24) is 0 Å². The molecule has 0 amide bonds. The highest BCUT2D eigenvalue weighted by Gasteiger charge is 2.32. The van der Waals surface area contributed by atoms with Gasteiger partial charge in [0.25, 0.3) is 8.32 Å². The Morgan fingerprint density at radius 3 is 1.90 bits per heavy atom. The Morgan fingerprint density at radius 1 is 1.40 bits per heavy atom. The van der Waals surface area contributed by atoms with Crippen molar-refractivity contribution < 1.29 is 9.22 Å². The van der Waals surface area contributed by atoms with Crippen LogP contribution in [0.1, 0.15) is 13.8 Å². The third-order valence-corrected chi connectivity index (χ3v) is 4.41. The maximum atomic E-state index is 11.3. The molecule has 0 heterocycles. The molecule has 0 saturated heterocycles. The van der Waals surface area contributed by atoms with Crippen LogP contribution in [0.25, 0.3) is 0 Å². The Balaban J connectivity index is 4.19. The summed E-state index contributed by atoms with van der Waals surface area (Å²) in [5, 5.41) is 0.287. The molecule has 0 saturated carbocycles. The van der Waals surface area contributed by atoms with E-state index in [2.05, 4.69) is 0 Å². The average Bonchev–Trinajstić information content (AvgIpc) is 1.86. The first kappa shape index (κ1) is 9.85. The molecule has 0 fully saturated rings. The Morgan fingerprint density at radius 2 is 1.80 bits per heavy atom. The van der Waals surface area contributed by atoms with E-state index in [9.17, 15) is 4.79 Å². The number of hydrogen-bond donors (Lipinski definition) is 0. The molecule has 2 nitrogen and oxygen atoms in total. The zero-order valence-corrected chi connectivity index (χ0v) is 8.39. The third-order valence-electron chi connectivity index (χ3n) is 1.63. The lowest BCUT2D eigenvalue weighted by Crippen LogP contribution is -2.42. The summed E-state index contributed by atoms with van der Waals surface area (Å²) >= 11 is 0. The van der Waals surface area contributed by atoms with Gasteiger partial charge in [0.1, 0.15) is 5.41 Å². The summed E-state index contributed by atoms with van der Waals surface area (Å²) in [6.07, 6.45) is 0. The minimum absolute atomic E-state index is 0.113. The number of rotatable bonds is 3. The SMILES string of the molecule is CO[Si](C)(C)C(=O)C(C)C. The van der Waals surface area contributed by atoms with Crippen LogP contribution in [0.4, 0.5) is 0 Å². The predicted molar refractivity (Wildman–Crippen MR) is 44.3 cm³/mol. The Bertz CT molecular complexity index is 130. The smallest absolute Gasteiger partial charge is 0.258 e. The molecule has 0 atom stereocenters. The summed E-state index contributed by atoms with van der Waals surface area (Å²) in [7, 11) is -0.365. The molecule has 3 heteroatoms. The van der Waals surface area contributed by atoms with Crippen molar-refractivity contribution in [2.24, 2.45) is 5.92 Å². The molecule has 0 unspecified atom stereocenters. The van der Waals surface area contributed by atoms with Gasteiger partial charge in [-0.2, -0.15) is 0 Å². The van der Waals surface area contributed by atoms with Crippen LogP contribution in [-0.2, 0) is 9.22 Å². The third kappa shape index (κ3) is 2.23. The fourth-order valence-corrected chi connectivity index (χ4v) is 2.39. The lowest BCUT2D eigenvalue weighted by Gasteiger charge is -2.19. The minimum atomic E-state index is -1.98. The van der Waals surface area contributed by atoms with E-state index in [0.717, 1.165) is 0 Å². The van der Waals surface area contributed by atoms with E-state index in [0.29, 0.717) is 0 Å². The lowest BCUT2D eigenvalue weighted by atomic mass is 10.3. The van der Waals surface area contributed by atoms with Crippen molar-refractivity contribution >= 4 is 13.7 Å². The molecular weight excluding hydrogens is 144 g/mol. The molecule has 0 radical (unpaired) electrons. The van der Waals surface area contributed by atoms with Crippen LogP contribution >= 0.6 is 0 Å². The van der Waals surface area contributed by atoms with Crippen LogP contribution in [0.2, 0.25) is 13.1 Å². The largest absolute Gasteiger partial charge is 0.413 e. The van der Waals surface area contributed by atoms with Crippen molar-refractivity contribution in [2.45, 2.75) is 26.9 Å². The van der Waals surface area contributed by atoms with E-state index in [1.807, 2.05) is 26.9 Å². The van der Waals surface area contributed by atoms with E-state index in [4.69, 9.17) is 4.43 Å². The van der Waals surface area contributed by atoms with Crippen LogP contribution in [0.3, 0.4) is 0 Å². The molecule has 0 bridgehead atoms. The highest BCUT2D eigenvalue weighted by molar-refractivity contribution is 6.99. The Labute approximate surface area is 63.7 Å². The minimum Gasteiger partial charge on any atom is -0.413 e. The second-order valence-electron chi connectivity index (χ2n) is 3.23. The van der Waals surface area contributed by atoms with Gasteiger partial charge in [0.05, 0.1) is 0 Å². The standard InChI is InChI=1S/C7H16O2Si/c1-6(2)7(8)10(4,5)9-3/h6H,1-5H3. The summed E-state index contributed by atoms with van der Waals surface area (Å²) in [5.74, 6) is 0.113. The molecule has 0 aliphatic carbocycles. The van der Waals surface area contributed by atoms with Crippen LogP contribution in [0.15, 0.2) is 0 Å². The quantitative estimate of drug-likeness (QED) is 0.586. The Kier molecular flexibility index (Phi) is 3.25. The lowest BCUT2D eigenvalue weighted by molar-refractivity contribution is -0.116. The first-order valence-electron chi connectivity index (χ1n) is 3.51. The maximum Gasteiger partial charge on any atom is 0.258 e. The molecule has 0 aliphatic rings. The summed E-state index contributed by atoms with van der Waals surface area (Å²) in [6.45, 7) is 7.68. The van der Waals surface area contributed by atoms with Crippen molar-refractivity contribution in [3.63, 3.8) is 0 Å². The van der Waals surface area contributed by atoms with Crippen LogP contribution in [-0.4, -0.2) is 20.8 Å². The summed E-state index contributed by atoms with van der Waals surface area (Å²) in [5.41, 5.74) is 0. The van der Waals surface area contributed by atoms with Gasteiger partial charge in [-0.15, -0.1) is 0 Å². The van der Waals surface area contributed by atoms with E-state index in [1.54, 1.807) is 7.11 Å². The van der Waals surface area contributed by atoms with Gasteiger partial charge in [-0.25, -0.2) is 0 Å². The van der Waals surface area contributed by atoms with Crippen LogP contribution in [0.5, 0.6) is 0 Å². The van der Waals surface area contributed by atoms with Gasteiger partial charge in [0.15, 0.2) is 0 Å². The normalized spacial score (nSPS) is 12.2. The second-order valence-corrected chi connectivity index (χ2v) is 7.16. The van der Waals surface area contributed by atoms with E-state index in [1.165, 1.54) is 0 Å². The van der Waals surface area contributed by atoms with Crippen LogP contribution < -0.4 is 0 Å². The fourth-order valence-electron chi connectivity index (χ4n) is 0.796. The second kappa shape index (κ2) is 3.30. The molecule has 0 aromatic heterocycles. The zero-order chi connectivity index (χ0) is 8.36. The predicted octanol–water partition coefficient (Wildman–Crippen LogP) is 1.60. The first-order chi connectivity index (χ1) is 4.41. The van der Waals surface area contributed by atoms with Gasteiger partial charge < -0.3 is 9.22 Å². The van der Waals surface area contributed by atoms with Gasteiger partial charge in [-0.1, -0.05) is 13.8 Å². The van der Waals surface area contributed by atoms with Crippen LogP contribution in [0, 0.1) is 5.92 Å². The topological polar surface area (TPSA) is 26.3 Å². The summed E-state index contributed by atoms with van der Waals surface area (Å²) in [4.78, 5) is 11.3. The van der Waals surface area contributed by atoms with Crippen molar-refractivity contribution in [3.05, 3.63) is 0 Å². The fraction of sp³-hybridized carbons (Fsp3) is 0.857. The van der Waals surface area contributed by atoms with Crippen molar-refractivity contribution in [3.8, 4) is 0 Å². The Hall–Kier alpha value is -0.153. The highest BCUT2D eigenvalue weighted by Crippen LogP contribution is 2.10. The number of carbonyl (C=O) groups is 1. The molecule has 0 rings (SSSR count). The highest BCUT2D eigenvalue weighted by atomic mass is 28.4. The van der Waals surface area contributed by atoms with Gasteiger partial charge >= 0.3 is 0 Å². The molecular formula is C7H16O2Si. The van der Waals surface area contributed by atoms with E-state index in [-0.39, 0.29) is 11.3 Å². The monoisotopic (exact) mass is 160 g/mol. The van der Waals surface area contributed by atoms with Gasteiger partial charge in [-0.3, -0.25) is 0 Å². The van der Waals surface area contributed by atoms with Gasteiger partial charge in [-0.05, 0) is 13.1 Å². The number of hydrogen-bond acceptors (Lipinski definition) is 2. The van der Waals surface area contributed by atoms with Crippen molar-refractivity contribution in [2.75, 3.05) is 7.11 Å². The summed E-state index contributed by atoms with van der Waals surface area (Å²) < 4.78 is 5.15. The molecule has 0 aromatic rings. The van der Waals surface area contributed by atoms with Gasteiger partial charge in [0.2, 0.25) is 0 Å². The van der Waals surface area contributed by atoms with Crippen molar-refractivity contribution in [1.29, 1.82) is 0 Å². The van der Waals surface area contributed by atoms with Gasteiger partial charge in [0, 0.05) is 13.0 Å². The zero-order valence-electron chi connectivity index (χ0n) is 7.39. The molecule has 10 heavy (non-hydrogen) atoms. The molecule has 0 aliphatic heterocycles. The summed E-state index contributed by atoms with van der Waals surface area (Å²) in [6, 6.07) is 0. The molecule has 0 N–H and O–H groups in total. The molecule has 0 aromatic carbocycles. The number of carbonyl (C=O) groups excluding carboxylic acids is 1. The molecule has 0 spiro atoms. The van der Waals surface area contributed by atoms with E-state index >= 15 is 0 Å². The molecule has 60 valence electrons.